The standard InChI is InChI=1S/C21H23N3O2/c1-4-15-5-7-16(8-6-15)14(2)24-21(25)19-10-9-17(11-20(19)26-3)18-12-22-23-13-18/h5-14H,4H2,1-3H3,(H,22,23)(H,24,25)/t14-/m1/s1. The number of ether oxygens (including phenoxy) is 1. The van der Waals surface area contributed by atoms with Gasteiger partial charge in [-0.3, -0.25) is 9.89 Å². The summed E-state index contributed by atoms with van der Waals surface area (Å²) in [6.07, 6.45) is 4.54. The Kier molecular flexibility index (Phi) is 5.37. The predicted octanol–water partition coefficient (Wildman–Crippen LogP) is 4.14. The Hall–Kier alpha value is -3.08. The van der Waals surface area contributed by atoms with E-state index < -0.39 is 0 Å². The van der Waals surface area contributed by atoms with E-state index in [4.69, 9.17) is 4.74 Å². The van der Waals surface area contributed by atoms with Gasteiger partial charge in [0.25, 0.3) is 5.91 Å². The first kappa shape index (κ1) is 17.7. The van der Waals surface area contributed by atoms with Crippen LogP contribution < -0.4 is 10.1 Å². The normalized spacial score (nSPS) is 11.8. The van der Waals surface area contributed by atoms with Crippen LogP contribution in [-0.4, -0.2) is 23.2 Å². The van der Waals surface area contributed by atoms with Crippen molar-refractivity contribution in [2.24, 2.45) is 0 Å². The number of carbonyl (C=O) groups is 1. The fourth-order valence-corrected chi connectivity index (χ4v) is 2.87. The van der Waals surface area contributed by atoms with Crippen LogP contribution in [0.5, 0.6) is 5.75 Å². The molecule has 5 heteroatoms. The van der Waals surface area contributed by atoms with Crippen molar-refractivity contribution < 1.29 is 9.53 Å². The summed E-state index contributed by atoms with van der Waals surface area (Å²) in [7, 11) is 1.57. The minimum atomic E-state index is -0.160. The number of carbonyl (C=O) groups excluding carboxylic acids is 1. The van der Waals surface area contributed by atoms with Gasteiger partial charge >= 0.3 is 0 Å². The van der Waals surface area contributed by atoms with Gasteiger partial charge in [0.2, 0.25) is 0 Å². The van der Waals surface area contributed by atoms with Gasteiger partial charge in [-0.1, -0.05) is 37.3 Å². The van der Waals surface area contributed by atoms with E-state index in [1.54, 1.807) is 25.6 Å². The summed E-state index contributed by atoms with van der Waals surface area (Å²) in [5.41, 5.74) is 4.75. The van der Waals surface area contributed by atoms with Gasteiger partial charge in [-0.15, -0.1) is 0 Å². The van der Waals surface area contributed by atoms with Gasteiger partial charge in [-0.25, -0.2) is 0 Å². The van der Waals surface area contributed by atoms with Crippen LogP contribution in [0.2, 0.25) is 0 Å². The maximum Gasteiger partial charge on any atom is 0.255 e. The molecule has 1 heterocycles. The van der Waals surface area contributed by atoms with Gasteiger partial charge in [-0.05, 0) is 42.2 Å². The number of aromatic nitrogens is 2. The molecule has 1 amide bonds. The average molecular weight is 349 g/mol. The molecule has 0 bridgehead atoms. The van der Waals surface area contributed by atoms with Crippen LogP contribution in [0.25, 0.3) is 11.1 Å². The highest BCUT2D eigenvalue weighted by molar-refractivity contribution is 5.97. The van der Waals surface area contributed by atoms with E-state index in [9.17, 15) is 4.79 Å². The predicted molar refractivity (Wildman–Crippen MR) is 102 cm³/mol. The number of methoxy groups -OCH3 is 1. The Morgan fingerprint density at radius 1 is 1.19 bits per heavy atom. The van der Waals surface area contributed by atoms with Gasteiger partial charge in [0, 0.05) is 11.8 Å². The number of H-pyrrole nitrogens is 1. The molecule has 0 saturated carbocycles. The molecule has 2 aromatic carbocycles. The van der Waals surface area contributed by atoms with Crippen molar-refractivity contribution in [2.75, 3.05) is 7.11 Å². The second kappa shape index (κ2) is 7.87. The Labute approximate surface area is 153 Å². The Morgan fingerprint density at radius 3 is 2.58 bits per heavy atom. The third kappa shape index (κ3) is 3.77. The van der Waals surface area contributed by atoms with E-state index in [0.29, 0.717) is 11.3 Å². The molecule has 0 spiro atoms. The van der Waals surface area contributed by atoms with Crippen LogP contribution in [-0.2, 0) is 6.42 Å². The second-order valence-electron chi connectivity index (χ2n) is 6.19. The van der Waals surface area contributed by atoms with Gasteiger partial charge in [0.15, 0.2) is 0 Å². The number of aryl methyl sites for hydroxylation is 1. The molecule has 0 unspecified atom stereocenters. The molecule has 134 valence electrons. The first-order chi connectivity index (χ1) is 12.6. The molecule has 0 aliphatic rings. The molecule has 26 heavy (non-hydrogen) atoms. The maximum atomic E-state index is 12.7. The molecule has 0 aliphatic carbocycles. The molecule has 1 aromatic heterocycles. The number of nitrogens with zero attached hydrogens (tertiary/aromatic N) is 1. The van der Waals surface area contributed by atoms with Gasteiger partial charge < -0.3 is 10.1 Å². The summed E-state index contributed by atoms with van der Waals surface area (Å²) in [4.78, 5) is 12.7. The van der Waals surface area contributed by atoms with E-state index in [-0.39, 0.29) is 11.9 Å². The van der Waals surface area contributed by atoms with E-state index in [0.717, 1.165) is 23.1 Å². The quantitative estimate of drug-likeness (QED) is 0.703. The number of nitrogens with one attached hydrogen (secondary N) is 2. The summed E-state index contributed by atoms with van der Waals surface area (Å²) >= 11 is 0. The lowest BCUT2D eigenvalue weighted by molar-refractivity contribution is 0.0937. The molecule has 0 radical (unpaired) electrons. The second-order valence-corrected chi connectivity index (χ2v) is 6.19. The number of hydrogen-bond acceptors (Lipinski definition) is 3. The van der Waals surface area contributed by atoms with Crippen molar-refractivity contribution >= 4 is 5.91 Å². The molecule has 1 atom stereocenters. The number of hydrogen-bond donors (Lipinski definition) is 2. The maximum absolute atomic E-state index is 12.7. The van der Waals surface area contributed by atoms with Crippen molar-refractivity contribution in [1.82, 2.24) is 15.5 Å². The largest absolute Gasteiger partial charge is 0.496 e. The van der Waals surface area contributed by atoms with E-state index in [1.165, 1.54) is 5.56 Å². The average Bonchev–Trinajstić information content (AvgIpc) is 3.22. The van der Waals surface area contributed by atoms with Crippen LogP contribution in [0.3, 0.4) is 0 Å². The Balaban J connectivity index is 1.78. The molecule has 5 nitrogen and oxygen atoms in total. The number of benzene rings is 2. The molecule has 3 aromatic rings. The van der Waals surface area contributed by atoms with Gasteiger partial charge in [-0.2, -0.15) is 5.10 Å². The first-order valence-electron chi connectivity index (χ1n) is 8.69. The zero-order chi connectivity index (χ0) is 18.5. The third-order valence-corrected chi connectivity index (χ3v) is 4.51. The smallest absolute Gasteiger partial charge is 0.255 e. The van der Waals surface area contributed by atoms with Crippen molar-refractivity contribution in [3.8, 4) is 16.9 Å². The Morgan fingerprint density at radius 2 is 1.96 bits per heavy atom. The third-order valence-electron chi connectivity index (χ3n) is 4.51. The summed E-state index contributed by atoms with van der Waals surface area (Å²) in [6.45, 7) is 4.10. The van der Waals surface area contributed by atoms with E-state index >= 15 is 0 Å². The highest BCUT2D eigenvalue weighted by atomic mass is 16.5. The summed E-state index contributed by atoms with van der Waals surface area (Å²) in [6, 6.07) is 13.7. The molecular weight excluding hydrogens is 326 g/mol. The minimum absolute atomic E-state index is 0.0911. The highest BCUT2D eigenvalue weighted by Gasteiger charge is 2.16. The van der Waals surface area contributed by atoms with Crippen molar-refractivity contribution in [2.45, 2.75) is 26.3 Å². The topological polar surface area (TPSA) is 67.0 Å². The minimum Gasteiger partial charge on any atom is -0.496 e. The van der Waals surface area contributed by atoms with Crippen molar-refractivity contribution in [1.29, 1.82) is 0 Å². The number of rotatable bonds is 6. The van der Waals surface area contributed by atoms with Crippen LogP contribution in [0, 0.1) is 0 Å². The summed E-state index contributed by atoms with van der Waals surface area (Å²) in [5, 5.41) is 9.78. The lowest BCUT2D eigenvalue weighted by Crippen LogP contribution is -2.27. The van der Waals surface area contributed by atoms with Gasteiger partial charge in [0.1, 0.15) is 5.75 Å². The SMILES string of the molecule is CCc1ccc([C@@H](C)NC(=O)c2ccc(-c3cn[nH]c3)cc2OC)cc1. The van der Waals surface area contributed by atoms with Crippen molar-refractivity contribution in [3.05, 3.63) is 71.5 Å². The molecule has 0 fully saturated rings. The number of aromatic amines is 1. The van der Waals surface area contributed by atoms with Crippen LogP contribution in [0.4, 0.5) is 0 Å². The molecule has 0 aliphatic heterocycles. The van der Waals surface area contributed by atoms with Crippen LogP contribution >= 0.6 is 0 Å². The Bertz CT molecular complexity index is 871. The fourth-order valence-electron chi connectivity index (χ4n) is 2.87. The summed E-state index contributed by atoms with van der Waals surface area (Å²) in [5.74, 6) is 0.377. The molecular formula is C21H23N3O2. The van der Waals surface area contributed by atoms with Crippen LogP contribution in [0.1, 0.15) is 41.4 Å². The molecule has 2 N–H and O–H groups in total. The van der Waals surface area contributed by atoms with Gasteiger partial charge in [0.05, 0.1) is 24.9 Å². The van der Waals surface area contributed by atoms with Crippen LogP contribution in [0.15, 0.2) is 54.9 Å². The molecule has 3 rings (SSSR count). The zero-order valence-electron chi connectivity index (χ0n) is 15.2. The lowest BCUT2D eigenvalue weighted by atomic mass is 10.0. The molecule has 0 saturated heterocycles. The first-order valence-corrected chi connectivity index (χ1v) is 8.69. The monoisotopic (exact) mass is 349 g/mol. The van der Waals surface area contributed by atoms with E-state index in [1.807, 2.05) is 19.1 Å². The van der Waals surface area contributed by atoms with E-state index in [2.05, 4.69) is 46.7 Å². The fraction of sp³-hybridized carbons (Fsp3) is 0.238. The highest BCUT2D eigenvalue weighted by Crippen LogP contribution is 2.27. The number of amides is 1. The lowest BCUT2D eigenvalue weighted by Gasteiger charge is -2.16. The summed E-state index contributed by atoms with van der Waals surface area (Å²) < 4.78 is 5.43. The zero-order valence-corrected chi connectivity index (χ0v) is 15.2. The van der Waals surface area contributed by atoms with Crippen molar-refractivity contribution in [3.63, 3.8) is 0 Å².